The number of aromatic nitrogens is 1. The Balaban J connectivity index is 1.52. The summed E-state index contributed by atoms with van der Waals surface area (Å²) < 4.78 is 14.8. The molecule has 2 amide bonds. The number of pyridine rings is 1. The Morgan fingerprint density at radius 1 is 1.00 bits per heavy atom. The summed E-state index contributed by atoms with van der Waals surface area (Å²) in [6.45, 7) is -0.872. The van der Waals surface area contributed by atoms with Crippen LogP contribution in [0, 0.1) is 5.82 Å². The summed E-state index contributed by atoms with van der Waals surface area (Å²) in [5.41, 5.74) is -0.804. The highest BCUT2D eigenvalue weighted by atomic mass is 19.1. The van der Waals surface area contributed by atoms with Crippen LogP contribution in [0.4, 0.5) is 4.39 Å². The molecule has 1 aromatic heterocycles. The summed E-state index contributed by atoms with van der Waals surface area (Å²) in [5.74, 6) is -1.98. The van der Waals surface area contributed by atoms with Crippen molar-refractivity contribution >= 4 is 11.8 Å². The van der Waals surface area contributed by atoms with Crippen LogP contribution in [0.25, 0.3) is 11.1 Å². The van der Waals surface area contributed by atoms with E-state index in [9.17, 15) is 24.2 Å². The highest BCUT2D eigenvalue weighted by Gasteiger charge is 2.32. The number of benzene rings is 2. The van der Waals surface area contributed by atoms with Gasteiger partial charge in [-0.3, -0.25) is 14.6 Å². The summed E-state index contributed by atoms with van der Waals surface area (Å²) in [6, 6.07) is 13.7. The Kier molecular flexibility index (Phi) is 7.00. The van der Waals surface area contributed by atoms with Gasteiger partial charge in [-0.05, 0) is 60.4 Å². The molecule has 1 saturated carbocycles. The van der Waals surface area contributed by atoms with Gasteiger partial charge in [0.2, 0.25) is 0 Å². The van der Waals surface area contributed by atoms with E-state index in [2.05, 4.69) is 15.6 Å². The van der Waals surface area contributed by atoms with E-state index >= 15 is 0 Å². The highest BCUT2D eigenvalue weighted by Crippen LogP contribution is 2.24. The maximum atomic E-state index is 14.8. The number of carbonyl (C=O) groups excluding carboxylic acids is 2. The molecule has 34 heavy (non-hydrogen) atoms. The molecule has 0 aliphatic heterocycles. The molecule has 1 atom stereocenters. The fraction of sp³-hybridized carbons (Fsp3) is 0.269. The Bertz CT molecular complexity index is 1180. The van der Waals surface area contributed by atoms with Crippen molar-refractivity contribution in [3.05, 3.63) is 89.5 Å². The molecule has 2 aromatic carbocycles. The van der Waals surface area contributed by atoms with Crippen LogP contribution in [0.5, 0.6) is 0 Å². The molecule has 0 unspecified atom stereocenters. The van der Waals surface area contributed by atoms with Gasteiger partial charge in [0.15, 0.2) is 5.72 Å². The predicted octanol–water partition coefficient (Wildman–Crippen LogP) is 3.13. The minimum absolute atomic E-state index is 0.108. The van der Waals surface area contributed by atoms with E-state index in [0.717, 1.165) is 31.2 Å². The Morgan fingerprint density at radius 2 is 1.74 bits per heavy atom. The zero-order valence-corrected chi connectivity index (χ0v) is 18.5. The number of halogens is 1. The number of hydrogen-bond donors (Lipinski definition) is 4. The molecule has 1 aliphatic carbocycles. The van der Waals surface area contributed by atoms with Gasteiger partial charge in [-0.15, -0.1) is 0 Å². The maximum absolute atomic E-state index is 14.8. The van der Waals surface area contributed by atoms with E-state index in [-0.39, 0.29) is 23.1 Å². The molecule has 3 aromatic rings. The standard InChI is InChI=1S/C26H26FN3O4/c27-23-15-18(17-10-12-28-13-11-17)8-9-22(23)25(33)30-26(34,16-31)20-5-3-4-19(14-20)24(32)29-21-6-1-2-7-21/h3-5,8-15,21,31,34H,1-2,6-7,16H2,(H,29,32)(H,30,33)/t26-/m1/s1. The van der Waals surface area contributed by atoms with Gasteiger partial charge in [0.25, 0.3) is 11.8 Å². The lowest BCUT2D eigenvalue weighted by molar-refractivity contribution is -0.0419. The van der Waals surface area contributed by atoms with Crippen LogP contribution < -0.4 is 10.6 Å². The van der Waals surface area contributed by atoms with Gasteiger partial charge in [-0.2, -0.15) is 0 Å². The number of aliphatic hydroxyl groups is 2. The van der Waals surface area contributed by atoms with E-state index in [1.807, 2.05) is 0 Å². The summed E-state index contributed by atoms with van der Waals surface area (Å²) >= 11 is 0. The number of rotatable bonds is 7. The number of amides is 2. The first-order valence-electron chi connectivity index (χ1n) is 11.2. The molecular formula is C26H26FN3O4. The lowest BCUT2D eigenvalue weighted by atomic mass is 9.99. The topological polar surface area (TPSA) is 112 Å². The third-order valence-corrected chi connectivity index (χ3v) is 6.07. The van der Waals surface area contributed by atoms with Crippen molar-refractivity contribution < 1.29 is 24.2 Å². The van der Waals surface area contributed by atoms with Crippen molar-refractivity contribution in [1.82, 2.24) is 15.6 Å². The Hall–Kier alpha value is -3.62. The zero-order valence-electron chi connectivity index (χ0n) is 18.5. The first-order valence-corrected chi connectivity index (χ1v) is 11.2. The van der Waals surface area contributed by atoms with Gasteiger partial charge in [0, 0.05) is 29.6 Å². The summed E-state index contributed by atoms with van der Waals surface area (Å²) in [5, 5.41) is 26.1. The summed E-state index contributed by atoms with van der Waals surface area (Å²) in [4.78, 5) is 29.3. The highest BCUT2D eigenvalue weighted by molar-refractivity contribution is 5.96. The fourth-order valence-electron chi connectivity index (χ4n) is 4.14. The van der Waals surface area contributed by atoms with Crippen molar-refractivity contribution in [2.24, 2.45) is 0 Å². The summed E-state index contributed by atoms with van der Waals surface area (Å²) in [6.07, 6.45) is 7.15. The molecule has 8 heteroatoms. The van der Waals surface area contributed by atoms with Crippen LogP contribution >= 0.6 is 0 Å². The molecule has 7 nitrogen and oxygen atoms in total. The number of carbonyl (C=O) groups is 2. The average Bonchev–Trinajstić information content (AvgIpc) is 3.37. The first-order chi connectivity index (χ1) is 16.4. The van der Waals surface area contributed by atoms with Crippen molar-refractivity contribution in [3.63, 3.8) is 0 Å². The minimum atomic E-state index is -2.21. The number of hydrogen-bond acceptors (Lipinski definition) is 5. The maximum Gasteiger partial charge on any atom is 0.256 e. The minimum Gasteiger partial charge on any atom is -0.391 e. The fourth-order valence-corrected chi connectivity index (χ4v) is 4.14. The van der Waals surface area contributed by atoms with E-state index < -0.39 is 24.1 Å². The normalized spacial score (nSPS) is 15.5. The molecule has 0 bridgehead atoms. The number of aliphatic hydroxyl groups excluding tert-OH is 1. The van der Waals surface area contributed by atoms with Crippen LogP contribution in [0.15, 0.2) is 67.0 Å². The van der Waals surface area contributed by atoms with E-state index in [1.54, 1.807) is 42.7 Å². The van der Waals surface area contributed by atoms with Gasteiger partial charge >= 0.3 is 0 Å². The van der Waals surface area contributed by atoms with E-state index in [1.165, 1.54) is 24.3 Å². The van der Waals surface area contributed by atoms with Crippen LogP contribution in [0.3, 0.4) is 0 Å². The van der Waals surface area contributed by atoms with Crippen LogP contribution in [-0.2, 0) is 5.72 Å². The van der Waals surface area contributed by atoms with Gasteiger partial charge in [-0.25, -0.2) is 4.39 Å². The third kappa shape index (κ3) is 5.13. The molecule has 0 radical (unpaired) electrons. The second-order valence-corrected chi connectivity index (χ2v) is 8.44. The van der Waals surface area contributed by atoms with Crippen molar-refractivity contribution in [1.29, 1.82) is 0 Å². The van der Waals surface area contributed by atoms with E-state index in [4.69, 9.17) is 0 Å². The average molecular weight is 464 g/mol. The second kappa shape index (κ2) is 10.1. The molecule has 1 fully saturated rings. The molecule has 1 aliphatic rings. The molecule has 176 valence electrons. The lowest BCUT2D eigenvalue weighted by Gasteiger charge is -2.28. The number of nitrogens with zero attached hydrogens (tertiary/aromatic N) is 1. The Labute approximate surface area is 196 Å². The number of nitrogens with one attached hydrogen (secondary N) is 2. The Morgan fingerprint density at radius 3 is 2.41 bits per heavy atom. The van der Waals surface area contributed by atoms with E-state index in [0.29, 0.717) is 11.1 Å². The van der Waals surface area contributed by atoms with Crippen LogP contribution in [0.2, 0.25) is 0 Å². The van der Waals surface area contributed by atoms with Gasteiger partial charge < -0.3 is 20.8 Å². The molecule has 4 rings (SSSR count). The SMILES string of the molecule is O=C(NC1CCCC1)c1cccc([C@](O)(CO)NC(=O)c2ccc(-c3ccncc3)cc2F)c1. The smallest absolute Gasteiger partial charge is 0.256 e. The monoisotopic (exact) mass is 463 g/mol. The van der Waals surface area contributed by atoms with Crippen LogP contribution in [-0.4, -0.2) is 39.7 Å². The predicted molar refractivity (Wildman–Crippen MR) is 124 cm³/mol. The molecular weight excluding hydrogens is 437 g/mol. The molecule has 4 N–H and O–H groups in total. The third-order valence-electron chi connectivity index (χ3n) is 6.07. The zero-order chi connectivity index (χ0) is 24.1. The van der Waals surface area contributed by atoms with Gasteiger partial charge in [0.1, 0.15) is 5.82 Å². The second-order valence-electron chi connectivity index (χ2n) is 8.44. The molecule has 0 spiro atoms. The largest absolute Gasteiger partial charge is 0.391 e. The van der Waals surface area contributed by atoms with Gasteiger partial charge in [-0.1, -0.05) is 31.0 Å². The first kappa shape index (κ1) is 23.5. The molecule has 1 heterocycles. The molecule has 0 saturated heterocycles. The quantitative estimate of drug-likeness (QED) is 0.403. The lowest BCUT2D eigenvalue weighted by Crippen LogP contribution is -2.49. The summed E-state index contributed by atoms with van der Waals surface area (Å²) in [7, 11) is 0. The van der Waals surface area contributed by atoms with Crippen molar-refractivity contribution in [3.8, 4) is 11.1 Å². The van der Waals surface area contributed by atoms with Crippen molar-refractivity contribution in [2.75, 3.05) is 6.61 Å². The van der Waals surface area contributed by atoms with Gasteiger partial charge in [0.05, 0.1) is 12.2 Å². The van der Waals surface area contributed by atoms with Crippen LogP contribution in [0.1, 0.15) is 52.0 Å². The van der Waals surface area contributed by atoms with Crippen molar-refractivity contribution in [2.45, 2.75) is 37.5 Å².